The molecule has 0 fully saturated rings. The number of hydrogen-bond acceptors (Lipinski definition) is 3. The number of aromatic hydroxyl groups is 2. The van der Waals surface area contributed by atoms with Crippen molar-refractivity contribution >= 4 is 5.97 Å². The third-order valence-corrected chi connectivity index (χ3v) is 4.08. The number of aryl methyl sites for hydroxylation is 1. The van der Waals surface area contributed by atoms with Crippen LogP contribution in [0.3, 0.4) is 0 Å². The minimum absolute atomic E-state index is 0.00287. The maximum atomic E-state index is 11.5. The fourth-order valence-corrected chi connectivity index (χ4v) is 3.13. The molecule has 4 nitrogen and oxygen atoms in total. The first-order chi connectivity index (χ1) is 11.4. The number of benzene rings is 1. The van der Waals surface area contributed by atoms with Crippen LogP contribution >= 0.6 is 0 Å². The zero-order valence-electron chi connectivity index (χ0n) is 14.8. The lowest BCUT2D eigenvalue weighted by atomic mass is 9.83. The van der Waals surface area contributed by atoms with E-state index in [1.165, 1.54) is 11.6 Å². The lowest BCUT2D eigenvalue weighted by Gasteiger charge is -2.23. The number of carboxylic acid groups (broad SMARTS) is 1. The summed E-state index contributed by atoms with van der Waals surface area (Å²) in [4.78, 5) is 11.5. The third kappa shape index (κ3) is 4.63. The van der Waals surface area contributed by atoms with E-state index in [-0.39, 0.29) is 23.0 Å². The second-order valence-electron chi connectivity index (χ2n) is 6.17. The summed E-state index contributed by atoms with van der Waals surface area (Å²) >= 11 is 0. The van der Waals surface area contributed by atoms with Crippen LogP contribution in [0.2, 0.25) is 0 Å². The van der Waals surface area contributed by atoms with E-state index in [9.17, 15) is 20.1 Å². The highest BCUT2D eigenvalue weighted by Gasteiger charge is 2.27. The van der Waals surface area contributed by atoms with Crippen LogP contribution in [0.25, 0.3) is 0 Å². The number of phenols is 2. The Bertz CT molecular complexity index is 629. The standard InChI is InChI=1S/C17H22O4.C3H6/c1-3-5-11-9-13(18)14(16(19)15(11)17(20)21)12-7-4-6-10(2)8-12;1-3-2/h8-9,12,18-19H,3-7H2,1-2H3,(H,20,21);3H,1H2,2H3. The van der Waals surface area contributed by atoms with Gasteiger partial charge in [0.1, 0.15) is 17.1 Å². The van der Waals surface area contributed by atoms with Gasteiger partial charge in [-0.25, -0.2) is 4.79 Å². The highest BCUT2D eigenvalue weighted by atomic mass is 16.4. The van der Waals surface area contributed by atoms with Crippen LogP contribution in [-0.4, -0.2) is 21.3 Å². The first kappa shape index (κ1) is 19.8. The lowest BCUT2D eigenvalue weighted by molar-refractivity contribution is 0.0692. The number of allylic oxidation sites excluding steroid dienone is 3. The third-order valence-electron chi connectivity index (χ3n) is 4.08. The van der Waals surface area contributed by atoms with E-state index in [1.54, 1.807) is 6.08 Å². The van der Waals surface area contributed by atoms with Crippen LogP contribution in [0.4, 0.5) is 0 Å². The average Bonchev–Trinajstić information content (AvgIpc) is 2.47. The Morgan fingerprint density at radius 3 is 2.54 bits per heavy atom. The van der Waals surface area contributed by atoms with Gasteiger partial charge in [-0.05, 0) is 51.2 Å². The van der Waals surface area contributed by atoms with Crippen molar-refractivity contribution in [1.82, 2.24) is 0 Å². The Balaban J connectivity index is 0.000000891. The molecule has 2 rings (SSSR count). The lowest BCUT2D eigenvalue weighted by Crippen LogP contribution is -2.09. The van der Waals surface area contributed by atoms with Gasteiger partial charge in [0, 0.05) is 11.5 Å². The second kappa shape index (κ2) is 9.16. The zero-order chi connectivity index (χ0) is 18.3. The summed E-state index contributed by atoms with van der Waals surface area (Å²) in [5.41, 5.74) is 1.98. The molecular formula is C20H28O4. The number of rotatable bonds is 4. The maximum Gasteiger partial charge on any atom is 0.339 e. The number of hydrogen-bond donors (Lipinski definition) is 3. The Hall–Kier alpha value is -2.23. The van der Waals surface area contributed by atoms with Crippen molar-refractivity contribution in [2.75, 3.05) is 0 Å². The second-order valence-corrected chi connectivity index (χ2v) is 6.17. The van der Waals surface area contributed by atoms with Crippen molar-refractivity contribution in [2.24, 2.45) is 0 Å². The quantitative estimate of drug-likeness (QED) is 0.666. The molecule has 24 heavy (non-hydrogen) atoms. The van der Waals surface area contributed by atoms with Crippen LogP contribution in [0.5, 0.6) is 11.5 Å². The number of carbonyl (C=O) groups is 1. The van der Waals surface area contributed by atoms with Gasteiger partial charge in [0.25, 0.3) is 0 Å². The summed E-state index contributed by atoms with van der Waals surface area (Å²) in [6.07, 6.45) is 7.83. The number of aromatic carboxylic acids is 1. The first-order valence-electron chi connectivity index (χ1n) is 8.42. The molecule has 0 saturated heterocycles. The van der Waals surface area contributed by atoms with Crippen molar-refractivity contribution in [3.63, 3.8) is 0 Å². The van der Waals surface area contributed by atoms with Crippen LogP contribution < -0.4 is 0 Å². The van der Waals surface area contributed by atoms with E-state index >= 15 is 0 Å². The molecule has 0 amide bonds. The van der Waals surface area contributed by atoms with Crippen LogP contribution in [0.15, 0.2) is 30.4 Å². The fraction of sp³-hybridized carbons (Fsp3) is 0.450. The van der Waals surface area contributed by atoms with Crippen LogP contribution in [0, 0.1) is 0 Å². The molecule has 1 aromatic carbocycles. The molecular weight excluding hydrogens is 304 g/mol. The SMILES string of the molecule is C=CC.CCCc1cc(O)c(C2C=C(C)CCC2)c(O)c1C(=O)O. The van der Waals surface area contributed by atoms with Crippen LogP contribution in [-0.2, 0) is 6.42 Å². The van der Waals surface area contributed by atoms with E-state index in [2.05, 4.69) is 6.58 Å². The number of phenolic OH excluding ortho intramolecular Hbond substituents is 1. The molecule has 1 atom stereocenters. The van der Waals surface area contributed by atoms with Crippen molar-refractivity contribution in [1.29, 1.82) is 0 Å². The molecule has 1 aliphatic carbocycles. The van der Waals surface area contributed by atoms with Crippen molar-refractivity contribution in [2.45, 2.75) is 58.8 Å². The van der Waals surface area contributed by atoms with Gasteiger partial charge >= 0.3 is 5.97 Å². The Morgan fingerprint density at radius 1 is 1.42 bits per heavy atom. The fourth-order valence-electron chi connectivity index (χ4n) is 3.13. The molecule has 0 aromatic heterocycles. The minimum Gasteiger partial charge on any atom is -0.507 e. The van der Waals surface area contributed by atoms with E-state index in [0.717, 1.165) is 25.7 Å². The zero-order valence-corrected chi connectivity index (χ0v) is 14.8. The molecule has 0 heterocycles. The Labute approximate surface area is 144 Å². The summed E-state index contributed by atoms with van der Waals surface area (Å²) in [7, 11) is 0. The maximum absolute atomic E-state index is 11.5. The normalized spacial score (nSPS) is 16.6. The summed E-state index contributed by atoms with van der Waals surface area (Å²) in [6, 6.07) is 1.50. The van der Waals surface area contributed by atoms with Gasteiger partial charge in [-0.15, -0.1) is 6.58 Å². The molecule has 1 aliphatic rings. The number of carboxylic acids is 1. The van der Waals surface area contributed by atoms with Gasteiger partial charge in [-0.2, -0.15) is 0 Å². The minimum atomic E-state index is -1.14. The molecule has 3 N–H and O–H groups in total. The molecule has 0 bridgehead atoms. The highest BCUT2D eigenvalue weighted by molar-refractivity contribution is 5.94. The van der Waals surface area contributed by atoms with Gasteiger partial charge < -0.3 is 15.3 Å². The van der Waals surface area contributed by atoms with Gasteiger partial charge in [0.15, 0.2) is 0 Å². The molecule has 1 aromatic rings. The largest absolute Gasteiger partial charge is 0.507 e. The molecule has 4 heteroatoms. The highest BCUT2D eigenvalue weighted by Crippen LogP contribution is 2.43. The van der Waals surface area contributed by atoms with E-state index in [1.807, 2.05) is 26.8 Å². The topological polar surface area (TPSA) is 77.8 Å². The average molecular weight is 332 g/mol. The van der Waals surface area contributed by atoms with Crippen molar-refractivity contribution < 1.29 is 20.1 Å². The Kier molecular flexibility index (Phi) is 7.56. The van der Waals surface area contributed by atoms with E-state index < -0.39 is 5.97 Å². The smallest absolute Gasteiger partial charge is 0.339 e. The molecule has 0 spiro atoms. The first-order valence-corrected chi connectivity index (χ1v) is 8.42. The molecule has 132 valence electrons. The molecule has 0 saturated carbocycles. The summed E-state index contributed by atoms with van der Waals surface area (Å²) in [6.45, 7) is 9.20. The van der Waals surface area contributed by atoms with Gasteiger partial charge in [-0.1, -0.05) is 31.1 Å². The van der Waals surface area contributed by atoms with Gasteiger partial charge in [0.2, 0.25) is 0 Å². The monoisotopic (exact) mass is 332 g/mol. The summed E-state index contributed by atoms with van der Waals surface area (Å²) in [5, 5.41) is 30.1. The van der Waals surface area contributed by atoms with E-state index in [0.29, 0.717) is 17.5 Å². The molecule has 1 unspecified atom stereocenters. The van der Waals surface area contributed by atoms with Gasteiger partial charge in [0.05, 0.1) is 0 Å². The molecule has 0 aliphatic heterocycles. The van der Waals surface area contributed by atoms with Crippen LogP contribution in [0.1, 0.15) is 73.9 Å². The van der Waals surface area contributed by atoms with Crippen molar-refractivity contribution in [3.8, 4) is 11.5 Å². The van der Waals surface area contributed by atoms with E-state index in [4.69, 9.17) is 0 Å². The van der Waals surface area contributed by atoms with Crippen molar-refractivity contribution in [3.05, 3.63) is 47.1 Å². The molecule has 0 radical (unpaired) electrons. The van der Waals surface area contributed by atoms with Gasteiger partial charge in [-0.3, -0.25) is 0 Å². The predicted octanol–water partition coefficient (Wildman–Crippen LogP) is 5.15. The summed E-state index contributed by atoms with van der Waals surface area (Å²) in [5.74, 6) is -1.54. The predicted molar refractivity (Wildman–Crippen MR) is 96.9 cm³/mol. The Morgan fingerprint density at radius 2 is 2.04 bits per heavy atom. The summed E-state index contributed by atoms with van der Waals surface area (Å²) < 4.78 is 0.